The molecule has 114 valence electrons. The third-order valence-electron chi connectivity index (χ3n) is 2.69. The summed E-state index contributed by atoms with van der Waals surface area (Å²) in [5.41, 5.74) is -1.02. The zero-order valence-electron chi connectivity index (χ0n) is 11.6. The predicted octanol–water partition coefficient (Wildman–Crippen LogP) is 2.36. The minimum Gasteiger partial charge on any atom is -0.394 e. The monoisotopic (exact) mass is 292 g/mol. The second-order valence-corrected chi connectivity index (χ2v) is 4.67. The van der Waals surface area contributed by atoms with Gasteiger partial charge in [-0.05, 0) is 12.8 Å². The van der Waals surface area contributed by atoms with Crippen LogP contribution in [0.4, 0.5) is 24.9 Å². The molecule has 0 aliphatic rings. The van der Waals surface area contributed by atoms with Gasteiger partial charge >= 0.3 is 6.18 Å². The van der Waals surface area contributed by atoms with E-state index in [2.05, 4.69) is 20.6 Å². The summed E-state index contributed by atoms with van der Waals surface area (Å²) in [6.07, 6.45) is -4.55. The van der Waals surface area contributed by atoms with Crippen molar-refractivity contribution in [3.63, 3.8) is 0 Å². The molecular weight excluding hydrogens is 273 g/mol. The molecule has 8 heteroatoms. The van der Waals surface area contributed by atoms with Gasteiger partial charge in [-0.15, -0.1) is 0 Å². The molecule has 1 aromatic heterocycles. The van der Waals surface area contributed by atoms with E-state index in [0.29, 0.717) is 6.54 Å². The van der Waals surface area contributed by atoms with Crippen LogP contribution in [-0.2, 0) is 6.18 Å². The van der Waals surface area contributed by atoms with Crippen molar-refractivity contribution in [2.24, 2.45) is 5.92 Å². The van der Waals surface area contributed by atoms with Crippen molar-refractivity contribution in [3.8, 4) is 0 Å². The van der Waals surface area contributed by atoms with Gasteiger partial charge in [0.15, 0.2) is 5.69 Å². The van der Waals surface area contributed by atoms with E-state index in [9.17, 15) is 18.3 Å². The van der Waals surface area contributed by atoms with Crippen LogP contribution in [0.5, 0.6) is 0 Å². The molecule has 1 aromatic rings. The Hall–Kier alpha value is -1.57. The minimum atomic E-state index is -4.55. The third kappa shape index (κ3) is 4.52. The van der Waals surface area contributed by atoms with Crippen LogP contribution in [0.15, 0.2) is 6.07 Å². The first-order valence-corrected chi connectivity index (χ1v) is 6.35. The first kappa shape index (κ1) is 16.5. The Balaban J connectivity index is 3.08. The number of aliphatic hydroxyl groups excluding tert-OH is 1. The van der Waals surface area contributed by atoms with E-state index >= 15 is 0 Å². The highest BCUT2D eigenvalue weighted by molar-refractivity contribution is 5.44. The smallest absolute Gasteiger partial charge is 0.394 e. The Morgan fingerprint density at radius 2 is 1.95 bits per heavy atom. The van der Waals surface area contributed by atoms with Gasteiger partial charge in [-0.25, -0.2) is 4.98 Å². The fourth-order valence-electron chi connectivity index (χ4n) is 1.52. The van der Waals surface area contributed by atoms with Gasteiger partial charge in [0.1, 0.15) is 5.82 Å². The summed E-state index contributed by atoms with van der Waals surface area (Å²) in [6.45, 7) is 5.66. The van der Waals surface area contributed by atoms with E-state index in [1.54, 1.807) is 6.92 Å². The van der Waals surface area contributed by atoms with Gasteiger partial charge in [-0.2, -0.15) is 18.2 Å². The Labute approximate surface area is 115 Å². The van der Waals surface area contributed by atoms with Crippen LogP contribution in [-0.4, -0.2) is 34.3 Å². The lowest BCUT2D eigenvalue weighted by atomic mass is 10.1. The van der Waals surface area contributed by atoms with E-state index < -0.39 is 11.9 Å². The fourth-order valence-corrected chi connectivity index (χ4v) is 1.52. The molecule has 1 rings (SSSR count). The van der Waals surface area contributed by atoms with Crippen molar-refractivity contribution in [2.75, 3.05) is 23.8 Å². The van der Waals surface area contributed by atoms with E-state index in [4.69, 9.17) is 0 Å². The molecule has 0 spiro atoms. The highest BCUT2D eigenvalue weighted by atomic mass is 19.4. The zero-order valence-corrected chi connectivity index (χ0v) is 11.6. The first-order valence-electron chi connectivity index (χ1n) is 6.35. The predicted molar refractivity (Wildman–Crippen MR) is 70.5 cm³/mol. The number of anilines is 2. The second kappa shape index (κ2) is 6.74. The summed E-state index contributed by atoms with van der Waals surface area (Å²) in [6, 6.07) is 0.465. The Morgan fingerprint density at radius 3 is 2.40 bits per heavy atom. The van der Waals surface area contributed by atoms with Crippen LogP contribution in [0.2, 0.25) is 0 Å². The van der Waals surface area contributed by atoms with E-state index in [0.717, 1.165) is 6.07 Å². The van der Waals surface area contributed by atoms with Crippen molar-refractivity contribution in [1.29, 1.82) is 0 Å². The summed E-state index contributed by atoms with van der Waals surface area (Å²) in [5.74, 6) is -0.00631. The van der Waals surface area contributed by atoms with Crippen LogP contribution in [0.25, 0.3) is 0 Å². The van der Waals surface area contributed by atoms with Crippen molar-refractivity contribution < 1.29 is 18.3 Å². The summed E-state index contributed by atoms with van der Waals surface area (Å²) >= 11 is 0. The molecule has 1 heterocycles. The van der Waals surface area contributed by atoms with Gasteiger partial charge in [-0.3, -0.25) is 0 Å². The molecule has 0 fully saturated rings. The van der Waals surface area contributed by atoms with Crippen molar-refractivity contribution in [2.45, 2.75) is 33.0 Å². The SMILES string of the molecule is CCNc1nc(N[C@H](CO)C(C)C)cc(C(F)(F)F)n1. The van der Waals surface area contributed by atoms with E-state index in [1.165, 1.54) is 0 Å². The van der Waals surface area contributed by atoms with Gasteiger partial charge in [-0.1, -0.05) is 13.8 Å². The molecule has 0 aliphatic heterocycles. The summed E-state index contributed by atoms with van der Waals surface area (Å²) < 4.78 is 38.3. The Kier molecular flexibility index (Phi) is 5.55. The topological polar surface area (TPSA) is 70.1 Å². The molecule has 1 atom stereocenters. The molecule has 0 amide bonds. The zero-order chi connectivity index (χ0) is 15.3. The summed E-state index contributed by atoms with van der Waals surface area (Å²) in [4.78, 5) is 7.39. The molecular formula is C12H19F3N4O. The lowest BCUT2D eigenvalue weighted by Crippen LogP contribution is -2.30. The van der Waals surface area contributed by atoms with Crippen LogP contribution in [0, 0.1) is 5.92 Å². The van der Waals surface area contributed by atoms with Crippen LogP contribution < -0.4 is 10.6 Å². The fraction of sp³-hybridized carbons (Fsp3) is 0.667. The van der Waals surface area contributed by atoms with Crippen LogP contribution in [0.1, 0.15) is 26.5 Å². The van der Waals surface area contributed by atoms with Gasteiger partial charge in [0, 0.05) is 12.6 Å². The second-order valence-electron chi connectivity index (χ2n) is 4.67. The first-order chi connectivity index (χ1) is 9.27. The van der Waals surface area contributed by atoms with E-state index in [-0.39, 0.29) is 30.3 Å². The molecule has 5 nitrogen and oxygen atoms in total. The maximum atomic E-state index is 12.8. The van der Waals surface area contributed by atoms with Gasteiger partial charge < -0.3 is 15.7 Å². The number of hydrogen-bond acceptors (Lipinski definition) is 5. The number of rotatable bonds is 6. The molecule has 0 bridgehead atoms. The number of nitrogens with zero attached hydrogens (tertiary/aromatic N) is 2. The van der Waals surface area contributed by atoms with Gasteiger partial charge in [0.05, 0.1) is 12.6 Å². The number of aromatic nitrogens is 2. The Morgan fingerprint density at radius 1 is 1.30 bits per heavy atom. The molecule has 0 aliphatic carbocycles. The minimum absolute atomic E-state index is 0.0380. The molecule has 0 aromatic carbocycles. The Bertz CT molecular complexity index is 437. The lowest BCUT2D eigenvalue weighted by Gasteiger charge is -2.21. The normalized spacial score (nSPS) is 13.4. The van der Waals surface area contributed by atoms with Crippen LogP contribution >= 0.6 is 0 Å². The van der Waals surface area contributed by atoms with Gasteiger partial charge in [0.2, 0.25) is 5.95 Å². The van der Waals surface area contributed by atoms with Crippen molar-refractivity contribution in [1.82, 2.24) is 9.97 Å². The standard InChI is InChI=1S/C12H19F3N4O/c1-4-16-11-18-9(12(13,14)15)5-10(19-11)17-8(6-20)7(2)3/h5,7-8,20H,4,6H2,1-3H3,(H2,16,17,18,19)/t8-/m1/s1. The van der Waals surface area contributed by atoms with Crippen molar-refractivity contribution in [3.05, 3.63) is 11.8 Å². The van der Waals surface area contributed by atoms with Gasteiger partial charge in [0.25, 0.3) is 0 Å². The van der Waals surface area contributed by atoms with E-state index in [1.807, 2.05) is 13.8 Å². The highest BCUT2D eigenvalue weighted by Gasteiger charge is 2.34. The molecule has 20 heavy (non-hydrogen) atoms. The van der Waals surface area contributed by atoms with Crippen molar-refractivity contribution >= 4 is 11.8 Å². The highest BCUT2D eigenvalue weighted by Crippen LogP contribution is 2.30. The summed E-state index contributed by atoms with van der Waals surface area (Å²) in [7, 11) is 0. The maximum Gasteiger partial charge on any atom is 0.433 e. The summed E-state index contributed by atoms with van der Waals surface area (Å²) in [5, 5.41) is 14.7. The number of nitrogens with one attached hydrogen (secondary N) is 2. The molecule has 0 saturated heterocycles. The molecule has 3 N–H and O–H groups in total. The quantitative estimate of drug-likeness (QED) is 0.751. The number of halogens is 3. The number of alkyl halides is 3. The average molecular weight is 292 g/mol. The molecule has 0 saturated carbocycles. The largest absolute Gasteiger partial charge is 0.433 e. The van der Waals surface area contributed by atoms with Crippen LogP contribution in [0.3, 0.4) is 0 Å². The number of aliphatic hydroxyl groups is 1. The molecule has 0 radical (unpaired) electrons. The lowest BCUT2D eigenvalue weighted by molar-refractivity contribution is -0.141. The maximum absolute atomic E-state index is 12.8. The number of hydrogen-bond donors (Lipinski definition) is 3. The molecule has 0 unspecified atom stereocenters. The average Bonchev–Trinajstić information content (AvgIpc) is 2.34. The third-order valence-corrected chi connectivity index (χ3v) is 2.69.